The number of piperidine rings is 1. The van der Waals surface area contributed by atoms with Gasteiger partial charge in [0.1, 0.15) is 5.82 Å². The lowest BCUT2D eigenvalue weighted by atomic mass is 9.97. The number of fused-ring (bicyclic) bond motifs is 3. The molecule has 0 saturated carbocycles. The van der Waals surface area contributed by atoms with Crippen molar-refractivity contribution in [1.29, 1.82) is 0 Å². The molecule has 1 fully saturated rings. The Morgan fingerprint density at radius 3 is 2.66 bits per heavy atom. The normalized spacial score (nSPS) is 16.1. The highest BCUT2D eigenvalue weighted by atomic mass is 19.1. The van der Waals surface area contributed by atoms with Crippen molar-refractivity contribution in [3.05, 3.63) is 76.1 Å². The number of aryl methyl sites for hydroxylation is 1. The highest BCUT2D eigenvalue weighted by Crippen LogP contribution is 2.21. The number of amides is 1. The summed E-state index contributed by atoms with van der Waals surface area (Å²) >= 11 is 0. The van der Waals surface area contributed by atoms with Gasteiger partial charge in [-0.1, -0.05) is 12.1 Å². The Bertz CT molecular complexity index is 1480. The summed E-state index contributed by atoms with van der Waals surface area (Å²) in [5.41, 5.74) is 0.867. The number of benzene rings is 2. The Labute approximate surface area is 199 Å². The van der Waals surface area contributed by atoms with Gasteiger partial charge in [0.25, 0.3) is 11.5 Å². The van der Waals surface area contributed by atoms with Crippen LogP contribution >= 0.6 is 0 Å². The minimum absolute atomic E-state index is 0.117. The van der Waals surface area contributed by atoms with E-state index in [9.17, 15) is 18.8 Å². The smallest absolute Gasteiger partial charge is 0.311 e. The van der Waals surface area contributed by atoms with Crippen molar-refractivity contribution in [3.8, 4) is 0 Å². The van der Waals surface area contributed by atoms with Crippen LogP contribution < -0.4 is 5.56 Å². The summed E-state index contributed by atoms with van der Waals surface area (Å²) < 4.78 is 22.1. The summed E-state index contributed by atoms with van der Waals surface area (Å²) in [5, 5.41) is 8.88. The van der Waals surface area contributed by atoms with Crippen LogP contribution in [0.15, 0.2) is 53.3 Å². The summed E-state index contributed by atoms with van der Waals surface area (Å²) in [4.78, 5) is 40.1. The fourth-order valence-corrected chi connectivity index (χ4v) is 4.58. The van der Waals surface area contributed by atoms with Gasteiger partial charge in [0.15, 0.2) is 12.4 Å². The number of esters is 1. The quantitative estimate of drug-likeness (QED) is 0.410. The van der Waals surface area contributed by atoms with Crippen molar-refractivity contribution >= 4 is 28.6 Å². The molecule has 1 unspecified atom stereocenters. The molecule has 1 aliphatic rings. The van der Waals surface area contributed by atoms with Crippen LogP contribution in [0, 0.1) is 11.7 Å². The van der Waals surface area contributed by atoms with Crippen LogP contribution in [0.4, 0.5) is 4.39 Å². The van der Waals surface area contributed by atoms with Gasteiger partial charge in [-0.15, -0.1) is 10.2 Å². The molecule has 1 amide bonds. The number of halogens is 1. The molecule has 0 bridgehead atoms. The van der Waals surface area contributed by atoms with E-state index in [2.05, 4.69) is 10.2 Å². The van der Waals surface area contributed by atoms with E-state index in [1.807, 2.05) is 13.0 Å². The Balaban J connectivity index is 1.33. The first-order chi connectivity index (χ1) is 17.0. The molecule has 0 spiro atoms. The molecule has 1 aliphatic heterocycles. The molecule has 1 atom stereocenters. The fraction of sp³-hybridized carbons (Fsp3) is 0.320. The van der Waals surface area contributed by atoms with Crippen LogP contribution in [0.3, 0.4) is 0 Å². The van der Waals surface area contributed by atoms with Gasteiger partial charge in [-0.05, 0) is 56.2 Å². The number of hydrogen-bond acceptors (Lipinski definition) is 6. The Morgan fingerprint density at radius 1 is 1.11 bits per heavy atom. The van der Waals surface area contributed by atoms with E-state index < -0.39 is 17.7 Å². The van der Waals surface area contributed by atoms with E-state index in [4.69, 9.17) is 4.74 Å². The molecule has 1 saturated heterocycles. The van der Waals surface area contributed by atoms with Crippen LogP contribution in [0.2, 0.25) is 0 Å². The molecule has 9 nitrogen and oxygen atoms in total. The first-order valence-electron chi connectivity index (χ1n) is 11.5. The van der Waals surface area contributed by atoms with Crippen LogP contribution in [0.1, 0.15) is 35.9 Å². The molecular weight excluding hydrogens is 453 g/mol. The second-order valence-corrected chi connectivity index (χ2v) is 8.52. The van der Waals surface area contributed by atoms with Crippen LogP contribution in [0.25, 0.3) is 16.7 Å². The topological polar surface area (TPSA) is 98.8 Å². The second-order valence-electron chi connectivity index (χ2n) is 8.52. The van der Waals surface area contributed by atoms with E-state index in [1.165, 1.54) is 28.8 Å². The van der Waals surface area contributed by atoms with Crippen molar-refractivity contribution in [2.45, 2.75) is 32.9 Å². The minimum atomic E-state index is -0.474. The van der Waals surface area contributed by atoms with Gasteiger partial charge in [-0.25, -0.2) is 4.39 Å². The largest absolute Gasteiger partial charge is 0.457 e. The fourth-order valence-electron chi connectivity index (χ4n) is 4.58. The summed E-state index contributed by atoms with van der Waals surface area (Å²) in [7, 11) is 0. The van der Waals surface area contributed by atoms with Gasteiger partial charge >= 0.3 is 5.97 Å². The van der Waals surface area contributed by atoms with Crippen LogP contribution in [-0.2, 0) is 22.7 Å². The zero-order valence-corrected chi connectivity index (χ0v) is 19.2. The van der Waals surface area contributed by atoms with Gasteiger partial charge in [-0.3, -0.25) is 23.4 Å². The zero-order chi connectivity index (χ0) is 24.5. The average Bonchev–Trinajstić information content (AvgIpc) is 3.31. The third-order valence-electron chi connectivity index (χ3n) is 6.37. The van der Waals surface area contributed by atoms with Crippen LogP contribution in [0.5, 0.6) is 0 Å². The number of nitrogens with zero attached hydrogens (tertiary/aromatic N) is 5. The third kappa shape index (κ3) is 4.16. The number of carbonyl (C=O) groups is 2. The van der Waals surface area contributed by atoms with E-state index >= 15 is 0 Å². The number of rotatable bonds is 5. The number of hydrogen-bond donors (Lipinski definition) is 0. The highest BCUT2D eigenvalue weighted by molar-refractivity contribution is 5.94. The predicted molar refractivity (Wildman–Crippen MR) is 125 cm³/mol. The predicted octanol–water partition coefficient (Wildman–Crippen LogP) is 2.80. The SMILES string of the molecule is CCn1c(=O)c2ccccc2n2c(COC(=O)C3CCCN(C(=O)c4ccc(F)cc4)C3)nnc12. The van der Waals surface area contributed by atoms with E-state index in [-0.39, 0.29) is 24.6 Å². The van der Waals surface area contributed by atoms with Gasteiger partial charge in [0.05, 0.1) is 16.8 Å². The molecule has 5 rings (SSSR count). The lowest BCUT2D eigenvalue weighted by Gasteiger charge is -2.31. The minimum Gasteiger partial charge on any atom is -0.457 e. The zero-order valence-electron chi connectivity index (χ0n) is 19.2. The van der Waals surface area contributed by atoms with Crippen molar-refractivity contribution in [2.75, 3.05) is 13.1 Å². The molecule has 10 heteroatoms. The lowest BCUT2D eigenvalue weighted by Crippen LogP contribution is -2.42. The van der Waals surface area contributed by atoms with E-state index in [1.54, 1.807) is 27.5 Å². The molecule has 35 heavy (non-hydrogen) atoms. The maximum Gasteiger partial charge on any atom is 0.311 e. The summed E-state index contributed by atoms with van der Waals surface area (Å²) in [5.74, 6) is -0.761. The Kier molecular flexibility index (Phi) is 6.02. The Morgan fingerprint density at radius 2 is 1.89 bits per heavy atom. The average molecular weight is 477 g/mol. The maximum absolute atomic E-state index is 13.2. The summed E-state index contributed by atoms with van der Waals surface area (Å²) in [6.07, 6.45) is 1.26. The molecule has 2 aromatic carbocycles. The van der Waals surface area contributed by atoms with E-state index in [0.29, 0.717) is 54.0 Å². The number of likely N-dealkylation sites (tertiary alicyclic amines) is 1. The second kappa shape index (κ2) is 9.28. The molecule has 0 radical (unpaired) electrons. The van der Waals surface area contributed by atoms with Crippen LogP contribution in [-0.4, -0.2) is 49.0 Å². The van der Waals surface area contributed by atoms with Gasteiger partial charge in [0, 0.05) is 25.2 Å². The van der Waals surface area contributed by atoms with Crippen molar-refractivity contribution in [2.24, 2.45) is 5.92 Å². The first-order valence-corrected chi connectivity index (χ1v) is 11.5. The molecule has 0 aliphatic carbocycles. The van der Waals surface area contributed by atoms with Gasteiger partial charge in [-0.2, -0.15) is 0 Å². The van der Waals surface area contributed by atoms with Gasteiger partial charge in [0.2, 0.25) is 5.78 Å². The van der Waals surface area contributed by atoms with Crippen molar-refractivity contribution in [1.82, 2.24) is 24.1 Å². The summed E-state index contributed by atoms with van der Waals surface area (Å²) in [6.45, 7) is 2.91. The summed E-state index contributed by atoms with van der Waals surface area (Å²) in [6, 6.07) is 12.5. The highest BCUT2D eigenvalue weighted by Gasteiger charge is 2.30. The number of carbonyl (C=O) groups excluding carboxylic acids is 2. The Hall–Kier alpha value is -4.08. The van der Waals surface area contributed by atoms with Crippen molar-refractivity contribution < 1.29 is 18.7 Å². The molecule has 0 N–H and O–H groups in total. The number of ether oxygens (including phenoxy) is 1. The van der Waals surface area contributed by atoms with E-state index in [0.717, 1.165) is 0 Å². The molecular formula is C25H24FN5O4. The number of aromatic nitrogens is 4. The third-order valence-corrected chi connectivity index (χ3v) is 6.37. The van der Waals surface area contributed by atoms with Gasteiger partial charge < -0.3 is 9.64 Å². The number of para-hydroxylation sites is 1. The lowest BCUT2D eigenvalue weighted by molar-refractivity contribution is -0.151. The molecule has 3 heterocycles. The molecule has 4 aromatic rings. The first kappa shape index (κ1) is 22.7. The molecule has 2 aromatic heterocycles. The standard InChI is InChI=1S/C25H24FN5O4/c1-2-30-23(33)19-7-3-4-8-20(19)31-21(27-28-25(30)31)15-35-24(34)17-6-5-13-29(14-17)22(32)16-9-11-18(26)12-10-16/h3-4,7-12,17H,2,5-6,13-15H2,1H3. The molecule has 180 valence electrons. The monoisotopic (exact) mass is 477 g/mol. The van der Waals surface area contributed by atoms with Crippen molar-refractivity contribution in [3.63, 3.8) is 0 Å². The maximum atomic E-state index is 13.2.